The third-order valence-corrected chi connectivity index (χ3v) is 3.77. The SMILES string of the molecule is C=C(CCl)CP(=O)(OCC)OCC. The molecule has 3 nitrogen and oxygen atoms in total. The summed E-state index contributed by atoms with van der Waals surface area (Å²) in [6.07, 6.45) is 0.207. The molecule has 5 heteroatoms. The average Bonchev–Trinajstić information content (AvgIpc) is 2.04. The topological polar surface area (TPSA) is 35.5 Å². The maximum atomic E-state index is 11.8. The fourth-order valence-electron chi connectivity index (χ4n) is 0.838. The molecule has 0 aromatic heterocycles. The average molecular weight is 227 g/mol. The molecule has 0 bridgehead atoms. The zero-order valence-electron chi connectivity index (χ0n) is 8.09. The molecule has 0 aromatic carbocycles. The van der Waals surface area contributed by atoms with Gasteiger partial charge < -0.3 is 9.05 Å². The van der Waals surface area contributed by atoms with Crippen LogP contribution >= 0.6 is 19.2 Å². The van der Waals surface area contributed by atoms with Gasteiger partial charge in [-0.25, -0.2) is 0 Å². The van der Waals surface area contributed by atoms with Gasteiger partial charge in [0.05, 0.1) is 19.4 Å². The highest BCUT2D eigenvalue weighted by molar-refractivity contribution is 7.54. The number of hydrogen-bond donors (Lipinski definition) is 0. The van der Waals surface area contributed by atoms with Gasteiger partial charge in [0, 0.05) is 5.88 Å². The number of alkyl halides is 1. The molecule has 0 saturated heterocycles. The van der Waals surface area contributed by atoms with Crippen molar-refractivity contribution in [2.75, 3.05) is 25.3 Å². The van der Waals surface area contributed by atoms with Crippen LogP contribution in [0.3, 0.4) is 0 Å². The quantitative estimate of drug-likeness (QED) is 0.380. The van der Waals surface area contributed by atoms with Gasteiger partial charge in [-0.3, -0.25) is 4.57 Å². The summed E-state index contributed by atoms with van der Waals surface area (Å²) in [5, 5.41) is 0. The smallest absolute Gasteiger partial charge is 0.309 e. The van der Waals surface area contributed by atoms with Crippen LogP contribution in [0.2, 0.25) is 0 Å². The van der Waals surface area contributed by atoms with Crippen molar-refractivity contribution in [3.8, 4) is 0 Å². The van der Waals surface area contributed by atoms with Gasteiger partial charge in [0.1, 0.15) is 0 Å². The summed E-state index contributed by atoms with van der Waals surface area (Å²) in [5.74, 6) is 0.282. The standard InChI is InChI=1S/C8H16ClO3P/c1-4-11-13(10,12-5-2)7-8(3)6-9/h3-7H2,1-2H3. The summed E-state index contributed by atoms with van der Waals surface area (Å²) in [7, 11) is -2.98. The normalized spacial score (nSPS) is 11.6. The van der Waals surface area contributed by atoms with Gasteiger partial charge in [0.2, 0.25) is 0 Å². The van der Waals surface area contributed by atoms with Crippen molar-refractivity contribution in [1.29, 1.82) is 0 Å². The number of halogens is 1. The van der Waals surface area contributed by atoms with Crippen LogP contribution in [0.4, 0.5) is 0 Å². The Morgan fingerprint density at radius 1 is 1.38 bits per heavy atom. The molecule has 0 amide bonds. The van der Waals surface area contributed by atoms with Crippen molar-refractivity contribution in [2.24, 2.45) is 0 Å². The molecule has 0 unspecified atom stereocenters. The van der Waals surface area contributed by atoms with Crippen molar-refractivity contribution in [3.05, 3.63) is 12.2 Å². The Labute approximate surface area is 84.6 Å². The Morgan fingerprint density at radius 2 is 1.85 bits per heavy atom. The molecule has 78 valence electrons. The van der Waals surface area contributed by atoms with Crippen LogP contribution in [-0.4, -0.2) is 25.3 Å². The van der Waals surface area contributed by atoms with E-state index in [2.05, 4.69) is 6.58 Å². The van der Waals surface area contributed by atoms with Crippen LogP contribution in [-0.2, 0) is 13.6 Å². The monoisotopic (exact) mass is 226 g/mol. The second-order valence-corrected chi connectivity index (χ2v) is 4.81. The fraction of sp³-hybridized carbons (Fsp3) is 0.750. The van der Waals surface area contributed by atoms with Crippen LogP contribution in [0.15, 0.2) is 12.2 Å². The third kappa shape index (κ3) is 5.48. The minimum Gasteiger partial charge on any atom is -0.309 e. The Bertz CT molecular complexity index is 196. The van der Waals surface area contributed by atoms with Crippen LogP contribution in [0.25, 0.3) is 0 Å². The highest BCUT2D eigenvalue weighted by Gasteiger charge is 2.23. The number of rotatable bonds is 7. The van der Waals surface area contributed by atoms with Crippen LogP contribution < -0.4 is 0 Å². The van der Waals surface area contributed by atoms with E-state index in [9.17, 15) is 4.57 Å². The van der Waals surface area contributed by atoms with Crippen molar-refractivity contribution in [2.45, 2.75) is 13.8 Å². The largest absolute Gasteiger partial charge is 0.334 e. The second kappa shape index (κ2) is 6.61. The minimum absolute atomic E-state index is 0.207. The van der Waals surface area contributed by atoms with Gasteiger partial charge in [0.25, 0.3) is 0 Å². The molecular formula is C8H16ClO3P. The lowest BCUT2D eigenvalue weighted by molar-refractivity contribution is 0.222. The van der Waals surface area contributed by atoms with Crippen molar-refractivity contribution >= 4 is 19.2 Å². The van der Waals surface area contributed by atoms with E-state index in [4.69, 9.17) is 20.6 Å². The first-order valence-electron chi connectivity index (χ1n) is 4.18. The van der Waals surface area contributed by atoms with E-state index in [-0.39, 0.29) is 12.0 Å². The first-order chi connectivity index (χ1) is 6.08. The Kier molecular flexibility index (Phi) is 6.70. The molecule has 0 aliphatic carbocycles. The lowest BCUT2D eigenvalue weighted by atomic mass is 10.4. The van der Waals surface area contributed by atoms with Crippen molar-refractivity contribution in [3.63, 3.8) is 0 Å². The molecule has 0 aliphatic rings. The minimum atomic E-state index is -2.98. The molecule has 0 rings (SSSR count). The van der Waals surface area contributed by atoms with E-state index >= 15 is 0 Å². The number of hydrogen-bond acceptors (Lipinski definition) is 3. The highest BCUT2D eigenvalue weighted by atomic mass is 35.5. The second-order valence-electron chi connectivity index (χ2n) is 2.49. The summed E-state index contributed by atoms with van der Waals surface area (Å²) in [4.78, 5) is 0. The van der Waals surface area contributed by atoms with E-state index in [1.54, 1.807) is 13.8 Å². The molecule has 0 heterocycles. The zero-order valence-corrected chi connectivity index (χ0v) is 9.74. The van der Waals surface area contributed by atoms with Gasteiger partial charge in [0.15, 0.2) is 0 Å². The molecule has 0 aromatic rings. The maximum absolute atomic E-state index is 11.8. The van der Waals surface area contributed by atoms with E-state index in [1.165, 1.54) is 0 Å². The molecule has 0 spiro atoms. The van der Waals surface area contributed by atoms with Gasteiger partial charge in [-0.05, 0) is 13.8 Å². The molecule has 0 radical (unpaired) electrons. The van der Waals surface area contributed by atoms with E-state index in [0.29, 0.717) is 18.8 Å². The van der Waals surface area contributed by atoms with Gasteiger partial charge in [-0.15, -0.1) is 11.6 Å². The van der Waals surface area contributed by atoms with Gasteiger partial charge >= 0.3 is 7.60 Å². The highest BCUT2D eigenvalue weighted by Crippen LogP contribution is 2.49. The predicted molar refractivity (Wildman–Crippen MR) is 55.6 cm³/mol. The molecule has 0 N–H and O–H groups in total. The zero-order chi connectivity index (χ0) is 10.3. The van der Waals surface area contributed by atoms with Crippen LogP contribution in [0, 0.1) is 0 Å². The summed E-state index contributed by atoms with van der Waals surface area (Å²) in [5.41, 5.74) is 0.673. The number of allylic oxidation sites excluding steroid dienone is 1. The van der Waals surface area contributed by atoms with Gasteiger partial charge in [-0.1, -0.05) is 12.2 Å². The molecule has 0 aliphatic heterocycles. The summed E-state index contributed by atoms with van der Waals surface area (Å²) < 4.78 is 21.9. The lowest BCUT2D eigenvalue weighted by Gasteiger charge is -2.16. The summed E-state index contributed by atoms with van der Waals surface area (Å²) in [6, 6.07) is 0. The lowest BCUT2D eigenvalue weighted by Crippen LogP contribution is -2.02. The predicted octanol–water partition coefficient (Wildman–Crippen LogP) is 3.05. The molecule has 0 fully saturated rings. The third-order valence-electron chi connectivity index (χ3n) is 1.26. The van der Waals surface area contributed by atoms with E-state index < -0.39 is 7.60 Å². The van der Waals surface area contributed by atoms with Crippen molar-refractivity contribution < 1.29 is 13.6 Å². The van der Waals surface area contributed by atoms with Gasteiger partial charge in [-0.2, -0.15) is 0 Å². The van der Waals surface area contributed by atoms with Crippen molar-refractivity contribution in [1.82, 2.24) is 0 Å². The first-order valence-corrected chi connectivity index (χ1v) is 6.45. The Morgan fingerprint density at radius 3 is 2.15 bits per heavy atom. The summed E-state index contributed by atoms with van der Waals surface area (Å²) in [6.45, 7) is 7.94. The Balaban J connectivity index is 4.23. The van der Waals surface area contributed by atoms with Crippen LogP contribution in [0.1, 0.15) is 13.8 Å². The van der Waals surface area contributed by atoms with E-state index in [0.717, 1.165) is 0 Å². The molecule has 0 saturated carbocycles. The van der Waals surface area contributed by atoms with Crippen LogP contribution in [0.5, 0.6) is 0 Å². The molecule has 0 atom stereocenters. The van der Waals surface area contributed by atoms with E-state index in [1.807, 2.05) is 0 Å². The molecule has 13 heavy (non-hydrogen) atoms. The fourth-order valence-corrected chi connectivity index (χ4v) is 2.77. The molecular weight excluding hydrogens is 211 g/mol. The maximum Gasteiger partial charge on any atom is 0.334 e. The summed E-state index contributed by atoms with van der Waals surface area (Å²) >= 11 is 5.53. The Hall–Kier alpha value is 0.180. The first kappa shape index (κ1) is 13.2.